The lowest BCUT2D eigenvalue weighted by Gasteiger charge is -2.35. The molecular formula is C24H35IN6O. The number of guanidine groups is 1. The van der Waals surface area contributed by atoms with E-state index in [1.807, 2.05) is 36.2 Å². The Morgan fingerprint density at radius 3 is 2.53 bits per heavy atom. The van der Waals surface area contributed by atoms with Gasteiger partial charge < -0.3 is 20.4 Å². The van der Waals surface area contributed by atoms with Crippen LogP contribution in [0.25, 0.3) is 0 Å². The van der Waals surface area contributed by atoms with Gasteiger partial charge in [0.25, 0.3) is 0 Å². The number of anilines is 1. The molecule has 7 nitrogen and oxygen atoms in total. The first-order chi connectivity index (χ1) is 15.1. The Kier molecular flexibility index (Phi) is 10.7. The molecule has 8 heteroatoms. The molecule has 0 aliphatic carbocycles. The first kappa shape index (κ1) is 25.9. The summed E-state index contributed by atoms with van der Waals surface area (Å²) in [6, 6.07) is 12.4. The Balaban J connectivity index is 0.00000363. The van der Waals surface area contributed by atoms with Crippen LogP contribution in [0, 0.1) is 13.8 Å². The minimum Gasteiger partial charge on any atom is -0.357 e. The summed E-state index contributed by atoms with van der Waals surface area (Å²) in [5.74, 6) is 1.90. The summed E-state index contributed by atoms with van der Waals surface area (Å²) in [6.45, 7) is 11.3. The number of pyridine rings is 1. The summed E-state index contributed by atoms with van der Waals surface area (Å²) in [5, 5.41) is 6.56. The van der Waals surface area contributed by atoms with Gasteiger partial charge in [0.15, 0.2) is 5.96 Å². The molecule has 0 atom stereocenters. The highest BCUT2D eigenvalue weighted by molar-refractivity contribution is 14.0. The zero-order chi connectivity index (χ0) is 22.1. The minimum absolute atomic E-state index is 0. The highest BCUT2D eigenvalue weighted by atomic mass is 127. The van der Waals surface area contributed by atoms with E-state index in [1.54, 1.807) is 0 Å². The number of nitrogens with zero attached hydrogens (tertiary/aromatic N) is 4. The van der Waals surface area contributed by atoms with Gasteiger partial charge in [-0.05, 0) is 44.0 Å². The number of amides is 1. The normalized spacial score (nSPS) is 14.0. The first-order valence-electron chi connectivity index (χ1n) is 11.1. The predicted molar refractivity (Wildman–Crippen MR) is 142 cm³/mol. The largest absolute Gasteiger partial charge is 0.357 e. The third-order valence-electron chi connectivity index (χ3n) is 5.49. The van der Waals surface area contributed by atoms with Gasteiger partial charge in [-0.2, -0.15) is 0 Å². The summed E-state index contributed by atoms with van der Waals surface area (Å²) in [7, 11) is 0. The lowest BCUT2D eigenvalue weighted by molar-refractivity contribution is -0.131. The molecule has 32 heavy (non-hydrogen) atoms. The van der Waals surface area contributed by atoms with Crippen LogP contribution in [0.3, 0.4) is 0 Å². The second-order valence-electron chi connectivity index (χ2n) is 7.86. The number of nitrogens with one attached hydrogen (secondary N) is 2. The molecule has 1 aliphatic rings. The third kappa shape index (κ3) is 7.65. The lowest BCUT2D eigenvalue weighted by atomic mass is 10.1. The van der Waals surface area contributed by atoms with Crippen molar-refractivity contribution < 1.29 is 4.79 Å². The Bertz CT molecular complexity index is 881. The molecule has 1 aromatic carbocycles. The monoisotopic (exact) mass is 550 g/mol. The standard InChI is InChI=1S/C24H34N6O.HI/c1-4-25-24(28-18-21-9-8-19(2)17-20(21)3)27-12-10-23(31)30-15-13-29(14-16-30)22-7-5-6-11-26-22;/h5-9,11,17H,4,10,12-16,18H2,1-3H3,(H2,25,27,28);1H. The summed E-state index contributed by atoms with van der Waals surface area (Å²) in [5.41, 5.74) is 3.72. The maximum Gasteiger partial charge on any atom is 0.224 e. The quantitative estimate of drug-likeness (QED) is 0.315. The predicted octanol–water partition coefficient (Wildman–Crippen LogP) is 3.11. The van der Waals surface area contributed by atoms with Gasteiger partial charge in [-0.15, -0.1) is 24.0 Å². The summed E-state index contributed by atoms with van der Waals surface area (Å²) >= 11 is 0. The average molecular weight is 550 g/mol. The molecule has 174 valence electrons. The lowest BCUT2D eigenvalue weighted by Crippen LogP contribution is -2.49. The van der Waals surface area contributed by atoms with Gasteiger partial charge in [-0.3, -0.25) is 4.79 Å². The molecule has 0 unspecified atom stereocenters. The highest BCUT2D eigenvalue weighted by Gasteiger charge is 2.21. The average Bonchev–Trinajstić information content (AvgIpc) is 2.79. The fourth-order valence-corrected chi connectivity index (χ4v) is 3.70. The second kappa shape index (κ2) is 13.2. The number of carbonyl (C=O) groups is 1. The number of rotatable bonds is 7. The molecule has 1 fully saturated rings. The number of aromatic nitrogens is 1. The van der Waals surface area contributed by atoms with Crippen LogP contribution in [0.2, 0.25) is 0 Å². The van der Waals surface area contributed by atoms with Gasteiger partial charge in [0, 0.05) is 51.9 Å². The van der Waals surface area contributed by atoms with E-state index in [0.717, 1.165) is 44.5 Å². The van der Waals surface area contributed by atoms with E-state index in [-0.39, 0.29) is 29.9 Å². The summed E-state index contributed by atoms with van der Waals surface area (Å²) in [4.78, 5) is 25.9. The maximum atomic E-state index is 12.6. The number of piperazine rings is 1. The van der Waals surface area contributed by atoms with Crippen LogP contribution in [0.4, 0.5) is 5.82 Å². The SMILES string of the molecule is CCNC(=NCc1ccc(C)cc1C)NCCC(=O)N1CCN(c2ccccn2)CC1.I. The number of aliphatic imine (C=N–C) groups is 1. The van der Waals surface area contributed by atoms with Crippen molar-refractivity contribution in [2.45, 2.75) is 33.7 Å². The molecule has 0 spiro atoms. The van der Waals surface area contributed by atoms with Crippen molar-refractivity contribution in [2.24, 2.45) is 4.99 Å². The van der Waals surface area contributed by atoms with E-state index in [1.165, 1.54) is 16.7 Å². The third-order valence-corrected chi connectivity index (χ3v) is 5.49. The molecule has 1 saturated heterocycles. The van der Waals surface area contributed by atoms with E-state index in [2.05, 4.69) is 57.6 Å². The Morgan fingerprint density at radius 1 is 1.09 bits per heavy atom. The van der Waals surface area contributed by atoms with Crippen molar-refractivity contribution >= 4 is 41.7 Å². The van der Waals surface area contributed by atoms with E-state index < -0.39 is 0 Å². The maximum absolute atomic E-state index is 12.6. The van der Waals surface area contributed by atoms with Gasteiger partial charge >= 0.3 is 0 Å². The van der Waals surface area contributed by atoms with Gasteiger partial charge in [-0.1, -0.05) is 29.8 Å². The molecule has 3 rings (SSSR count). The molecule has 0 bridgehead atoms. The van der Waals surface area contributed by atoms with Crippen molar-refractivity contribution in [1.29, 1.82) is 0 Å². The number of aryl methyl sites for hydroxylation is 2. The molecular weight excluding hydrogens is 515 g/mol. The van der Waals surface area contributed by atoms with Crippen LogP contribution in [0.15, 0.2) is 47.6 Å². The van der Waals surface area contributed by atoms with E-state index in [9.17, 15) is 4.79 Å². The molecule has 1 amide bonds. The molecule has 2 aromatic rings. The van der Waals surface area contributed by atoms with Crippen LogP contribution in [-0.4, -0.2) is 61.0 Å². The van der Waals surface area contributed by atoms with Crippen molar-refractivity contribution in [1.82, 2.24) is 20.5 Å². The number of halogens is 1. The molecule has 2 heterocycles. The van der Waals surface area contributed by atoms with Crippen LogP contribution in [0.1, 0.15) is 30.0 Å². The zero-order valence-electron chi connectivity index (χ0n) is 19.3. The summed E-state index contributed by atoms with van der Waals surface area (Å²) in [6.07, 6.45) is 2.26. The van der Waals surface area contributed by atoms with Crippen LogP contribution in [0.5, 0.6) is 0 Å². The van der Waals surface area contributed by atoms with Crippen LogP contribution < -0.4 is 15.5 Å². The van der Waals surface area contributed by atoms with Gasteiger partial charge in [0.1, 0.15) is 5.82 Å². The van der Waals surface area contributed by atoms with E-state index in [0.29, 0.717) is 19.5 Å². The fourth-order valence-electron chi connectivity index (χ4n) is 3.70. The number of carbonyl (C=O) groups excluding carboxylic acids is 1. The van der Waals surface area contributed by atoms with Crippen molar-refractivity contribution in [3.8, 4) is 0 Å². The first-order valence-corrected chi connectivity index (χ1v) is 11.1. The Morgan fingerprint density at radius 2 is 1.88 bits per heavy atom. The Hall–Kier alpha value is -2.36. The van der Waals surface area contributed by atoms with E-state index in [4.69, 9.17) is 0 Å². The Labute approximate surface area is 208 Å². The minimum atomic E-state index is 0. The molecule has 1 aliphatic heterocycles. The van der Waals surface area contributed by atoms with Crippen molar-refractivity contribution in [3.05, 3.63) is 59.3 Å². The van der Waals surface area contributed by atoms with Crippen molar-refractivity contribution in [3.63, 3.8) is 0 Å². The van der Waals surface area contributed by atoms with Gasteiger partial charge in [-0.25, -0.2) is 9.98 Å². The zero-order valence-corrected chi connectivity index (χ0v) is 21.6. The van der Waals surface area contributed by atoms with Crippen molar-refractivity contribution in [2.75, 3.05) is 44.2 Å². The fraction of sp³-hybridized carbons (Fsp3) is 0.458. The van der Waals surface area contributed by atoms with E-state index >= 15 is 0 Å². The van der Waals surface area contributed by atoms with Gasteiger partial charge in [0.05, 0.1) is 6.54 Å². The number of hydrogen-bond donors (Lipinski definition) is 2. The molecule has 0 radical (unpaired) electrons. The highest BCUT2D eigenvalue weighted by Crippen LogP contribution is 2.13. The second-order valence-corrected chi connectivity index (χ2v) is 7.86. The summed E-state index contributed by atoms with van der Waals surface area (Å²) < 4.78 is 0. The smallest absolute Gasteiger partial charge is 0.224 e. The van der Waals surface area contributed by atoms with Crippen LogP contribution >= 0.6 is 24.0 Å². The van der Waals surface area contributed by atoms with Crippen LogP contribution in [-0.2, 0) is 11.3 Å². The topological polar surface area (TPSA) is 72.9 Å². The molecule has 2 N–H and O–H groups in total. The number of hydrogen-bond acceptors (Lipinski definition) is 4. The number of benzene rings is 1. The molecule has 1 aromatic heterocycles. The van der Waals surface area contributed by atoms with Gasteiger partial charge in [0.2, 0.25) is 5.91 Å². The molecule has 0 saturated carbocycles.